The van der Waals surface area contributed by atoms with Gasteiger partial charge in [-0.15, -0.1) is 0 Å². The van der Waals surface area contributed by atoms with Crippen molar-refractivity contribution in [1.82, 2.24) is 4.90 Å². The predicted molar refractivity (Wildman–Crippen MR) is 61.2 cm³/mol. The van der Waals surface area contributed by atoms with Gasteiger partial charge in [0.2, 0.25) is 0 Å². The molecule has 0 unspecified atom stereocenters. The minimum atomic E-state index is -0.581. The Kier molecular flexibility index (Phi) is 3.54. The van der Waals surface area contributed by atoms with Gasteiger partial charge in [0.1, 0.15) is 0 Å². The third-order valence-corrected chi connectivity index (χ3v) is 3.35. The minimum Gasteiger partial charge on any atom is -0.390 e. The molecule has 0 aromatic heterocycles. The summed E-state index contributed by atoms with van der Waals surface area (Å²) >= 11 is 0. The van der Waals surface area contributed by atoms with Crippen molar-refractivity contribution in [2.24, 2.45) is 0 Å². The van der Waals surface area contributed by atoms with Crippen LogP contribution in [0.3, 0.4) is 0 Å². The lowest BCUT2D eigenvalue weighted by molar-refractivity contribution is -0.190. The third kappa shape index (κ3) is 3.17. The Hall–Kier alpha value is -0.160. The summed E-state index contributed by atoms with van der Waals surface area (Å²) in [6, 6.07) is 0. The molecule has 0 saturated carbocycles. The van der Waals surface area contributed by atoms with Crippen LogP contribution in [-0.2, 0) is 9.47 Å². The first kappa shape index (κ1) is 12.3. The van der Waals surface area contributed by atoms with Gasteiger partial charge in [-0.1, -0.05) is 0 Å². The van der Waals surface area contributed by atoms with Gasteiger partial charge >= 0.3 is 0 Å². The highest BCUT2D eigenvalue weighted by Crippen LogP contribution is 2.30. The summed E-state index contributed by atoms with van der Waals surface area (Å²) in [5.41, 5.74) is -0.581. The van der Waals surface area contributed by atoms with Gasteiger partial charge in [0.15, 0.2) is 5.79 Å². The van der Waals surface area contributed by atoms with Gasteiger partial charge < -0.3 is 14.6 Å². The molecule has 2 aliphatic rings. The maximum absolute atomic E-state index is 9.72. The highest BCUT2D eigenvalue weighted by molar-refractivity contribution is 4.84. The summed E-state index contributed by atoms with van der Waals surface area (Å²) in [7, 11) is 0. The van der Waals surface area contributed by atoms with Gasteiger partial charge in [0, 0.05) is 13.0 Å². The topological polar surface area (TPSA) is 41.9 Å². The van der Waals surface area contributed by atoms with E-state index in [-0.39, 0.29) is 5.79 Å². The van der Waals surface area contributed by atoms with Gasteiger partial charge in [-0.05, 0) is 33.2 Å². The number of rotatable bonds is 3. The molecule has 2 heterocycles. The van der Waals surface area contributed by atoms with Gasteiger partial charge in [0.05, 0.1) is 25.4 Å². The molecular formula is C12H23NO3. The van der Waals surface area contributed by atoms with E-state index in [0.717, 1.165) is 52.1 Å². The van der Waals surface area contributed by atoms with Crippen LogP contribution in [0.1, 0.15) is 33.1 Å². The molecule has 0 aromatic carbocycles. The Morgan fingerprint density at radius 1 is 1.31 bits per heavy atom. The molecule has 2 aliphatic heterocycles. The second-order valence-electron chi connectivity index (χ2n) is 5.55. The summed E-state index contributed by atoms with van der Waals surface area (Å²) in [5, 5.41) is 9.72. The molecule has 0 bridgehead atoms. The first-order chi connectivity index (χ1) is 7.49. The first-order valence-electron chi connectivity index (χ1n) is 6.22. The molecule has 0 aliphatic carbocycles. The standard InChI is InChI=1S/C12H23NO3/c1-11(2,14)5-7-13-6-3-4-12(10-13)15-8-9-16-12/h14H,3-10H2,1-2H3. The van der Waals surface area contributed by atoms with E-state index in [1.54, 1.807) is 0 Å². The van der Waals surface area contributed by atoms with Crippen LogP contribution in [0.4, 0.5) is 0 Å². The fraction of sp³-hybridized carbons (Fsp3) is 1.00. The predicted octanol–water partition coefficient (Wildman–Crippen LogP) is 0.986. The zero-order valence-corrected chi connectivity index (χ0v) is 10.4. The summed E-state index contributed by atoms with van der Waals surface area (Å²) in [5.74, 6) is -0.335. The molecule has 0 aromatic rings. The molecule has 4 heteroatoms. The zero-order valence-electron chi connectivity index (χ0n) is 10.4. The van der Waals surface area contributed by atoms with Crippen molar-refractivity contribution in [3.05, 3.63) is 0 Å². The number of aliphatic hydroxyl groups is 1. The number of hydrogen-bond donors (Lipinski definition) is 1. The number of likely N-dealkylation sites (tertiary alicyclic amines) is 1. The second-order valence-corrected chi connectivity index (χ2v) is 5.55. The minimum absolute atomic E-state index is 0.335. The number of ether oxygens (including phenoxy) is 2. The lowest BCUT2D eigenvalue weighted by atomic mass is 10.0. The summed E-state index contributed by atoms with van der Waals surface area (Å²) < 4.78 is 11.4. The number of hydrogen-bond acceptors (Lipinski definition) is 4. The van der Waals surface area contributed by atoms with Crippen LogP contribution in [0.2, 0.25) is 0 Å². The van der Waals surface area contributed by atoms with E-state index in [1.807, 2.05) is 13.8 Å². The van der Waals surface area contributed by atoms with Gasteiger partial charge in [-0.2, -0.15) is 0 Å². The molecule has 16 heavy (non-hydrogen) atoms. The van der Waals surface area contributed by atoms with E-state index in [0.29, 0.717) is 0 Å². The highest BCUT2D eigenvalue weighted by Gasteiger charge is 2.40. The SMILES string of the molecule is CC(C)(O)CCN1CCCC2(C1)OCCO2. The summed E-state index contributed by atoms with van der Waals surface area (Å²) in [6.45, 7) is 8.01. The van der Waals surface area contributed by atoms with Gasteiger partial charge in [0.25, 0.3) is 0 Å². The van der Waals surface area contributed by atoms with Crippen LogP contribution in [0.15, 0.2) is 0 Å². The van der Waals surface area contributed by atoms with Crippen LogP contribution < -0.4 is 0 Å². The second kappa shape index (κ2) is 4.61. The molecule has 2 rings (SSSR count). The summed E-state index contributed by atoms with van der Waals surface area (Å²) in [4.78, 5) is 2.34. The van der Waals surface area contributed by atoms with Crippen LogP contribution in [0.5, 0.6) is 0 Å². The fourth-order valence-electron chi connectivity index (χ4n) is 2.43. The average Bonchev–Trinajstić information content (AvgIpc) is 2.63. The average molecular weight is 229 g/mol. The van der Waals surface area contributed by atoms with Crippen molar-refractivity contribution >= 4 is 0 Å². The lowest BCUT2D eigenvalue weighted by Gasteiger charge is -2.39. The van der Waals surface area contributed by atoms with E-state index in [9.17, 15) is 5.11 Å². The Labute approximate surface area is 97.5 Å². The van der Waals surface area contributed by atoms with E-state index < -0.39 is 5.60 Å². The van der Waals surface area contributed by atoms with Gasteiger partial charge in [-0.3, -0.25) is 4.90 Å². The molecule has 2 fully saturated rings. The van der Waals surface area contributed by atoms with Crippen molar-refractivity contribution in [1.29, 1.82) is 0 Å². The Morgan fingerprint density at radius 3 is 2.62 bits per heavy atom. The lowest BCUT2D eigenvalue weighted by Crippen LogP contribution is -2.49. The smallest absolute Gasteiger partial charge is 0.181 e. The Bertz CT molecular complexity index is 231. The number of nitrogens with zero attached hydrogens (tertiary/aromatic N) is 1. The molecule has 2 saturated heterocycles. The fourth-order valence-corrected chi connectivity index (χ4v) is 2.43. The van der Waals surface area contributed by atoms with Gasteiger partial charge in [-0.25, -0.2) is 0 Å². The molecule has 0 radical (unpaired) electrons. The maximum atomic E-state index is 9.72. The normalized spacial score (nSPS) is 26.4. The van der Waals surface area contributed by atoms with Crippen molar-refractivity contribution in [3.63, 3.8) is 0 Å². The highest BCUT2D eigenvalue weighted by atomic mass is 16.7. The van der Waals surface area contributed by atoms with E-state index >= 15 is 0 Å². The van der Waals surface area contributed by atoms with Crippen LogP contribution >= 0.6 is 0 Å². The maximum Gasteiger partial charge on any atom is 0.181 e. The van der Waals surface area contributed by atoms with Crippen molar-refractivity contribution in [2.75, 3.05) is 32.8 Å². The summed E-state index contributed by atoms with van der Waals surface area (Å²) in [6.07, 6.45) is 2.92. The Balaban J connectivity index is 1.82. The monoisotopic (exact) mass is 229 g/mol. The molecular weight excluding hydrogens is 206 g/mol. The molecule has 1 spiro atoms. The third-order valence-electron chi connectivity index (χ3n) is 3.35. The quantitative estimate of drug-likeness (QED) is 0.783. The molecule has 0 atom stereocenters. The van der Waals surface area contributed by atoms with E-state index in [4.69, 9.17) is 9.47 Å². The number of piperidine rings is 1. The molecule has 4 nitrogen and oxygen atoms in total. The van der Waals surface area contributed by atoms with Crippen LogP contribution in [-0.4, -0.2) is 54.2 Å². The first-order valence-corrected chi connectivity index (χ1v) is 6.22. The van der Waals surface area contributed by atoms with Crippen LogP contribution in [0.25, 0.3) is 0 Å². The molecule has 1 N–H and O–H groups in total. The van der Waals surface area contributed by atoms with E-state index in [2.05, 4.69) is 4.90 Å². The van der Waals surface area contributed by atoms with E-state index in [1.165, 1.54) is 0 Å². The Morgan fingerprint density at radius 2 is 2.00 bits per heavy atom. The molecule has 0 amide bonds. The van der Waals surface area contributed by atoms with Crippen molar-refractivity contribution in [3.8, 4) is 0 Å². The van der Waals surface area contributed by atoms with Crippen molar-refractivity contribution in [2.45, 2.75) is 44.5 Å². The van der Waals surface area contributed by atoms with Crippen molar-refractivity contribution < 1.29 is 14.6 Å². The molecule has 94 valence electrons. The largest absolute Gasteiger partial charge is 0.390 e. The zero-order chi connectivity index (χ0) is 11.6. The van der Waals surface area contributed by atoms with Crippen LogP contribution in [0, 0.1) is 0 Å².